The lowest BCUT2D eigenvalue weighted by atomic mass is 10.2. The second-order valence-electron chi connectivity index (χ2n) is 3.74. The normalized spacial score (nSPS) is 10.1. The van der Waals surface area contributed by atoms with Gasteiger partial charge in [-0.25, -0.2) is 4.98 Å². The van der Waals surface area contributed by atoms with E-state index < -0.39 is 0 Å². The molecular weight excluding hydrogens is 196 g/mol. The number of benzene rings is 1. The Morgan fingerprint density at radius 3 is 2.44 bits per heavy atom. The fourth-order valence-electron chi connectivity index (χ4n) is 1.53. The number of pyridine rings is 1. The molecule has 1 heterocycles. The molecule has 0 saturated heterocycles. The van der Waals surface area contributed by atoms with Crippen molar-refractivity contribution in [3.63, 3.8) is 0 Å². The number of aryl methyl sites for hydroxylation is 1. The van der Waals surface area contributed by atoms with E-state index in [1.165, 1.54) is 11.1 Å². The van der Waals surface area contributed by atoms with Crippen molar-refractivity contribution in [2.24, 2.45) is 0 Å². The van der Waals surface area contributed by atoms with Gasteiger partial charge in [0.1, 0.15) is 5.82 Å². The van der Waals surface area contributed by atoms with Crippen LogP contribution in [-0.4, -0.2) is 4.98 Å². The zero-order valence-electron chi connectivity index (χ0n) is 9.48. The van der Waals surface area contributed by atoms with Gasteiger partial charge in [-0.2, -0.15) is 0 Å². The third-order valence-corrected chi connectivity index (χ3v) is 2.55. The summed E-state index contributed by atoms with van der Waals surface area (Å²) >= 11 is 0. The van der Waals surface area contributed by atoms with Crippen LogP contribution in [0.4, 0.5) is 5.82 Å². The van der Waals surface area contributed by atoms with Gasteiger partial charge >= 0.3 is 0 Å². The maximum Gasteiger partial charge on any atom is 0.126 e. The summed E-state index contributed by atoms with van der Waals surface area (Å²) < 4.78 is 0. The van der Waals surface area contributed by atoms with Crippen molar-refractivity contribution >= 4 is 5.82 Å². The first-order valence-corrected chi connectivity index (χ1v) is 5.61. The van der Waals surface area contributed by atoms with Gasteiger partial charge in [0, 0.05) is 12.7 Å². The Kier molecular flexibility index (Phi) is 3.54. The fraction of sp³-hybridized carbons (Fsp3) is 0.214. The van der Waals surface area contributed by atoms with Crippen LogP contribution in [0.5, 0.6) is 0 Å². The van der Waals surface area contributed by atoms with Gasteiger partial charge in [0.25, 0.3) is 0 Å². The van der Waals surface area contributed by atoms with Crippen molar-refractivity contribution < 1.29 is 0 Å². The van der Waals surface area contributed by atoms with Crippen LogP contribution in [0.25, 0.3) is 0 Å². The molecule has 0 amide bonds. The summed E-state index contributed by atoms with van der Waals surface area (Å²) in [6.07, 6.45) is 2.96. The predicted octanol–water partition coefficient (Wildman–Crippen LogP) is 3.26. The molecule has 82 valence electrons. The number of anilines is 1. The average Bonchev–Trinajstić information content (AvgIpc) is 2.38. The molecule has 16 heavy (non-hydrogen) atoms. The Bertz CT molecular complexity index is 420. The van der Waals surface area contributed by atoms with Crippen LogP contribution in [0.1, 0.15) is 18.1 Å². The van der Waals surface area contributed by atoms with Crippen LogP contribution in [0.15, 0.2) is 48.7 Å². The highest BCUT2D eigenvalue weighted by atomic mass is 15.0. The van der Waals surface area contributed by atoms with Crippen LogP contribution in [-0.2, 0) is 13.0 Å². The highest BCUT2D eigenvalue weighted by Gasteiger charge is 1.94. The number of aromatic nitrogens is 1. The van der Waals surface area contributed by atoms with Gasteiger partial charge in [0.2, 0.25) is 0 Å². The third-order valence-electron chi connectivity index (χ3n) is 2.55. The minimum Gasteiger partial charge on any atom is -0.366 e. The molecule has 0 unspecified atom stereocenters. The van der Waals surface area contributed by atoms with E-state index in [0.717, 1.165) is 18.8 Å². The number of nitrogens with zero attached hydrogens (tertiary/aromatic N) is 1. The molecule has 1 aromatic carbocycles. The Hall–Kier alpha value is -1.83. The first-order valence-electron chi connectivity index (χ1n) is 5.61. The molecule has 0 aliphatic carbocycles. The van der Waals surface area contributed by atoms with Crippen molar-refractivity contribution in [2.45, 2.75) is 19.9 Å². The van der Waals surface area contributed by atoms with E-state index in [2.05, 4.69) is 35.4 Å². The van der Waals surface area contributed by atoms with Gasteiger partial charge in [-0.15, -0.1) is 0 Å². The molecule has 0 aliphatic heterocycles. The maximum absolute atomic E-state index is 4.35. The van der Waals surface area contributed by atoms with Gasteiger partial charge in [-0.3, -0.25) is 0 Å². The van der Waals surface area contributed by atoms with Crippen LogP contribution in [0, 0.1) is 0 Å². The molecule has 2 aromatic rings. The van der Waals surface area contributed by atoms with Crippen LogP contribution in [0.2, 0.25) is 0 Å². The summed E-state index contributed by atoms with van der Waals surface area (Å²) in [5.74, 6) is 0.932. The third kappa shape index (κ3) is 2.83. The van der Waals surface area contributed by atoms with E-state index in [1.807, 2.05) is 30.5 Å². The first kappa shape index (κ1) is 10.7. The smallest absolute Gasteiger partial charge is 0.126 e. The largest absolute Gasteiger partial charge is 0.366 e. The van der Waals surface area contributed by atoms with Crippen molar-refractivity contribution in [3.8, 4) is 0 Å². The van der Waals surface area contributed by atoms with Crippen LogP contribution in [0.3, 0.4) is 0 Å². The second kappa shape index (κ2) is 5.31. The number of hydrogen-bond donors (Lipinski definition) is 1. The van der Waals surface area contributed by atoms with Crippen molar-refractivity contribution in [2.75, 3.05) is 5.32 Å². The molecule has 0 radical (unpaired) electrons. The van der Waals surface area contributed by atoms with Crippen LogP contribution >= 0.6 is 0 Å². The summed E-state index contributed by atoms with van der Waals surface area (Å²) in [5, 5.41) is 3.30. The molecule has 2 rings (SSSR count). The standard InChI is InChI=1S/C14H16N2/c1-2-12-8-9-14(15-10-12)16-11-13-6-4-3-5-7-13/h3-10H,2,11H2,1H3,(H,15,16). The zero-order valence-corrected chi connectivity index (χ0v) is 9.48. The van der Waals surface area contributed by atoms with E-state index in [4.69, 9.17) is 0 Å². The topological polar surface area (TPSA) is 24.9 Å². The number of rotatable bonds is 4. The lowest BCUT2D eigenvalue weighted by Gasteiger charge is -2.05. The Balaban J connectivity index is 1.94. The van der Waals surface area contributed by atoms with Gasteiger partial charge in [0.05, 0.1) is 0 Å². The second-order valence-corrected chi connectivity index (χ2v) is 3.74. The lowest BCUT2D eigenvalue weighted by molar-refractivity contribution is 1.07. The van der Waals surface area contributed by atoms with Gasteiger partial charge in [-0.05, 0) is 23.6 Å². The number of nitrogens with one attached hydrogen (secondary N) is 1. The molecule has 0 atom stereocenters. The monoisotopic (exact) mass is 212 g/mol. The molecule has 1 aromatic heterocycles. The Morgan fingerprint density at radius 2 is 1.81 bits per heavy atom. The molecule has 1 N–H and O–H groups in total. The minimum absolute atomic E-state index is 0.819. The lowest BCUT2D eigenvalue weighted by Crippen LogP contribution is -2.01. The summed E-state index contributed by atoms with van der Waals surface area (Å²) in [6, 6.07) is 14.5. The molecule has 0 saturated carbocycles. The molecule has 2 heteroatoms. The molecule has 0 fully saturated rings. The molecule has 2 nitrogen and oxygen atoms in total. The highest BCUT2D eigenvalue weighted by molar-refractivity contribution is 5.36. The molecule has 0 spiro atoms. The zero-order chi connectivity index (χ0) is 11.2. The number of hydrogen-bond acceptors (Lipinski definition) is 2. The predicted molar refractivity (Wildman–Crippen MR) is 67.4 cm³/mol. The highest BCUT2D eigenvalue weighted by Crippen LogP contribution is 2.07. The maximum atomic E-state index is 4.35. The van der Waals surface area contributed by atoms with E-state index >= 15 is 0 Å². The van der Waals surface area contributed by atoms with Crippen molar-refractivity contribution in [3.05, 3.63) is 59.8 Å². The van der Waals surface area contributed by atoms with Gasteiger partial charge < -0.3 is 5.32 Å². The van der Waals surface area contributed by atoms with E-state index in [-0.39, 0.29) is 0 Å². The molecule has 0 aliphatic rings. The summed E-state index contributed by atoms with van der Waals surface area (Å²) in [4.78, 5) is 4.35. The van der Waals surface area contributed by atoms with E-state index in [0.29, 0.717) is 0 Å². The van der Waals surface area contributed by atoms with Crippen LogP contribution < -0.4 is 5.32 Å². The summed E-state index contributed by atoms with van der Waals surface area (Å²) in [6.45, 7) is 2.95. The fourth-order valence-corrected chi connectivity index (χ4v) is 1.53. The van der Waals surface area contributed by atoms with E-state index in [1.54, 1.807) is 0 Å². The summed E-state index contributed by atoms with van der Waals surface area (Å²) in [7, 11) is 0. The Morgan fingerprint density at radius 1 is 1.00 bits per heavy atom. The summed E-state index contributed by atoms with van der Waals surface area (Å²) in [5.41, 5.74) is 2.54. The quantitative estimate of drug-likeness (QED) is 0.841. The van der Waals surface area contributed by atoms with Gasteiger partial charge in [0.15, 0.2) is 0 Å². The Labute approximate surface area is 96.4 Å². The molecular formula is C14H16N2. The van der Waals surface area contributed by atoms with E-state index in [9.17, 15) is 0 Å². The average molecular weight is 212 g/mol. The minimum atomic E-state index is 0.819. The van der Waals surface area contributed by atoms with Crippen molar-refractivity contribution in [1.82, 2.24) is 4.98 Å². The van der Waals surface area contributed by atoms with Gasteiger partial charge in [-0.1, -0.05) is 43.3 Å². The first-order chi connectivity index (χ1) is 7.88. The SMILES string of the molecule is CCc1ccc(NCc2ccccc2)nc1. The van der Waals surface area contributed by atoms with Crippen molar-refractivity contribution in [1.29, 1.82) is 0 Å². The molecule has 0 bridgehead atoms.